The summed E-state index contributed by atoms with van der Waals surface area (Å²) in [4.78, 5) is 7.13. The number of hydrogen-bond donors (Lipinski definition) is 1. The Kier molecular flexibility index (Phi) is 2.84. The van der Waals surface area contributed by atoms with Gasteiger partial charge in [-0.3, -0.25) is 0 Å². The maximum Gasteiger partial charge on any atom is 0.146 e. The van der Waals surface area contributed by atoms with Gasteiger partial charge in [0.05, 0.1) is 6.20 Å². The average Bonchev–Trinajstić information content (AvgIpc) is 2.63. The first-order chi connectivity index (χ1) is 6.84. The Labute approximate surface area is 90.3 Å². The average molecular weight is 253 g/mol. The summed E-state index contributed by atoms with van der Waals surface area (Å²) in [5.74, 6) is 1.65. The molecule has 14 heavy (non-hydrogen) atoms. The van der Waals surface area contributed by atoms with Crippen molar-refractivity contribution >= 4 is 15.9 Å². The molecular weight excluding hydrogens is 244 g/mol. The molecule has 0 atom stereocenters. The number of hydrogen-bond acceptors (Lipinski definition) is 2. The van der Waals surface area contributed by atoms with Crippen LogP contribution in [0.15, 0.2) is 41.1 Å². The predicted octanol–water partition coefficient (Wildman–Crippen LogP) is 2.75. The number of ether oxygens (including phenoxy) is 1. The molecule has 0 spiro atoms. The molecule has 0 aliphatic heterocycles. The molecule has 1 N–H and O–H groups in total. The van der Waals surface area contributed by atoms with Crippen molar-refractivity contribution in [1.29, 1.82) is 0 Å². The quantitative estimate of drug-likeness (QED) is 0.913. The Morgan fingerprint density at radius 3 is 2.71 bits per heavy atom. The third-order valence-electron chi connectivity index (χ3n) is 1.72. The fourth-order valence-electron chi connectivity index (χ4n) is 1.08. The van der Waals surface area contributed by atoms with Crippen molar-refractivity contribution in [2.24, 2.45) is 0 Å². The van der Waals surface area contributed by atoms with Crippen LogP contribution in [-0.4, -0.2) is 9.97 Å². The Morgan fingerprint density at radius 2 is 2.07 bits per heavy atom. The third kappa shape index (κ3) is 2.35. The highest BCUT2D eigenvalue weighted by atomic mass is 79.9. The van der Waals surface area contributed by atoms with Crippen LogP contribution < -0.4 is 4.74 Å². The summed E-state index contributed by atoms with van der Waals surface area (Å²) in [7, 11) is 0. The Bertz CT molecular complexity index is 400. The van der Waals surface area contributed by atoms with Crippen LogP contribution in [0.5, 0.6) is 5.75 Å². The summed E-state index contributed by atoms with van der Waals surface area (Å²) in [6, 6.07) is 9.66. The zero-order valence-electron chi connectivity index (χ0n) is 7.40. The molecule has 72 valence electrons. The lowest BCUT2D eigenvalue weighted by Crippen LogP contribution is -1.96. The molecule has 0 unspecified atom stereocenters. The second-order valence-electron chi connectivity index (χ2n) is 2.78. The van der Waals surface area contributed by atoms with E-state index in [1.807, 2.05) is 30.3 Å². The smallest absolute Gasteiger partial charge is 0.146 e. The first-order valence-electron chi connectivity index (χ1n) is 4.22. The maximum absolute atomic E-state index is 5.49. The number of benzene rings is 1. The van der Waals surface area contributed by atoms with Crippen LogP contribution in [0.25, 0.3) is 0 Å². The topological polar surface area (TPSA) is 37.9 Å². The van der Waals surface area contributed by atoms with Crippen molar-refractivity contribution in [3.8, 4) is 5.75 Å². The number of imidazole rings is 1. The Hall–Kier alpha value is -1.29. The zero-order valence-corrected chi connectivity index (χ0v) is 8.99. The summed E-state index contributed by atoms with van der Waals surface area (Å²) in [6.45, 7) is 0.454. The molecule has 3 nitrogen and oxygen atoms in total. The normalized spacial score (nSPS) is 10.1. The molecule has 0 aliphatic rings. The fourth-order valence-corrected chi connectivity index (χ4v) is 1.41. The SMILES string of the molecule is Brc1cnc(COc2ccccc2)[nH]1. The number of nitrogens with one attached hydrogen (secondary N) is 1. The lowest BCUT2D eigenvalue weighted by atomic mass is 10.3. The first-order valence-corrected chi connectivity index (χ1v) is 5.01. The number of H-pyrrole nitrogens is 1. The van der Waals surface area contributed by atoms with Gasteiger partial charge in [-0.2, -0.15) is 0 Å². The molecule has 0 aliphatic carbocycles. The van der Waals surface area contributed by atoms with E-state index in [0.717, 1.165) is 16.2 Å². The predicted molar refractivity (Wildman–Crippen MR) is 57.1 cm³/mol. The van der Waals surface area contributed by atoms with E-state index >= 15 is 0 Å². The minimum atomic E-state index is 0.454. The lowest BCUT2D eigenvalue weighted by Gasteiger charge is -2.02. The van der Waals surface area contributed by atoms with Crippen molar-refractivity contribution in [3.05, 3.63) is 47.0 Å². The van der Waals surface area contributed by atoms with Gasteiger partial charge >= 0.3 is 0 Å². The highest BCUT2D eigenvalue weighted by Crippen LogP contribution is 2.11. The summed E-state index contributed by atoms with van der Waals surface area (Å²) >= 11 is 3.28. The van der Waals surface area contributed by atoms with Gasteiger partial charge in [0, 0.05) is 0 Å². The second kappa shape index (κ2) is 4.28. The van der Waals surface area contributed by atoms with E-state index in [9.17, 15) is 0 Å². The van der Waals surface area contributed by atoms with Gasteiger partial charge in [0.1, 0.15) is 22.8 Å². The van der Waals surface area contributed by atoms with Crippen LogP contribution >= 0.6 is 15.9 Å². The Morgan fingerprint density at radius 1 is 1.29 bits per heavy atom. The highest BCUT2D eigenvalue weighted by Gasteiger charge is 1.98. The number of para-hydroxylation sites is 1. The molecule has 0 saturated carbocycles. The first kappa shape index (κ1) is 9.27. The number of nitrogens with zero attached hydrogens (tertiary/aromatic N) is 1. The van der Waals surface area contributed by atoms with Gasteiger partial charge in [0.25, 0.3) is 0 Å². The summed E-state index contributed by atoms with van der Waals surface area (Å²) in [5, 5.41) is 0. The van der Waals surface area contributed by atoms with Crippen LogP contribution in [0.2, 0.25) is 0 Å². The standard InChI is InChI=1S/C10H9BrN2O/c11-9-6-12-10(13-9)7-14-8-4-2-1-3-5-8/h1-6H,7H2,(H,12,13). The minimum absolute atomic E-state index is 0.454. The second-order valence-corrected chi connectivity index (χ2v) is 3.63. The van der Waals surface area contributed by atoms with Crippen molar-refractivity contribution < 1.29 is 4.74 Å². The number of rotatable bonds is 3. The van der Waals surface area contributed by atoms with E-state index in [1.165, 1.54) is 0 Å². The molecule has 0 amide bonds. The minimum Gasteiger partial charge on any atom is -0.486 e. The molecule has 1 aromatic heterocycles. The molecule has 0 fully saturated rings. The van der Waals surface area contributed by atoms with Crippen molar-refractivity contribution in [2.45, 2.75) is 6.61 Å². The monoisotopic (exact) mass is 252 g/mol. The lowest BCUT2D eigenvalue weighted by molar-refractivity contribution is 0.297. The third-order valence-corrected chi connectivity index (χ3v) is 2.12. The van der Waals surface area contributed by atoms with Crippen LogP contribution in [0, 0.1) is 0 Å². The van der Waals surface area contributed by atoms with Gasteiger partial charge in [0.2, 0.25) is 0 Å². The van der Waals surface area contributed by atoms with E-state index < -0.39 is 0 Å². The van der Waals surface area contributed by atoms with Gasteiger partial charge in [0.15, 0.2) is 0 Å². The Balaban J connectivity index is 1.95. The molecule has 1 aromatic carbocycles. The number of halogens is 1. The molecule has 0 bridgehead atoms. The molecule has 1 heterocycles. The molecule has 2 aromatic rings. The molecule has 4 heteroatoms. The van der Waals surface area contributed by atoms with Crippen LogP contribution in [0.4, 0.5) is 0 Å². The van der Waals surface area contributed by atoms with E-state index in [-0.39, 0.29) is 0 Å². The van der Waals surface area contributed by atoms with E-state index in [2.05, 4.69) is 25.9 Å². The number of aromatic amines is 1. The summed E-state index contributed by atoms with van der Waals surface area (Å²) < 4.78 is 6.36. The van der Waals surface area contributed by atoms with Crippen LogP contribution in [0.3, 0.4) is 0 Å². The zero-order chi connectivity index (χ0) is 9.80. The van der Waals surface area contributed by atoms with Gasteiger partial charge in [-0.1, -0.05) is 18.2 Å². The van der Waals surface area contributed by atoms with Gasteiger partial charge in [-0.25, -0.2) is 4.98 Å². The largest absolute Gasteiger partial charge is 0.486 e. The molecular formula is C10H9BrN2O. The molecule has 0 radical (unpaired) electrons. The van der Waals surface area contributed by atoms with Crippen molar-refractivity contribution in [3.63, 3.8) is 0 Å². The molecule has 0 saturated heterocycles. The number of aromatic nitrogens is 2. The van der Waals surface area contributed by atoms with E-state index in [0.29, 0.717) is 6.61 Å². The van der Waals surface area contributed by atoms with Gasteiger partial charge < -0.3 is 9.72 Å². The van der Waals surface area contributed by atoms with Gasteiger partial charge in [-0.05, 0) is 28.1 Å². The summed E-state index contributed by atoms with van der Waals surface area (Å²) in [5.41, 5.74) is 0. The summed E-state index contributed by atoms with van der Waals surface area (Å²) in [6.07, 6.45) is 1.71. The van der Waals surface area contributed by atoms with E-state index in [4.69, 9.17) is 4.74 Å². The van der Waals surface area contributed by atoms with Gasteiger partial charge in [-0.15, -0.1) is 0 Å². The van der Waals surface area contributed by atoms with Crippen molar-refractivity contribution in [2.75, 3.05) is 0 Å². The van der Waals surface area contributed by atoms with Crippen molar-refractivity contribution in [1.82, 2.24) is 9.97 Å². The maximum atomic E-state index is 5.49. The highest BCUT2D eigenvalue weighted by molar-refractivity contribution is 9.10. The van der Waals surface area contributed by atoms with Crippen LogP contribution in [-0.2, 0) is 6.61 Å². The van der Waals surface area contributed by atoms with E-state index in [1.54, 1.807) is 6.20 Å². The van der Waals surface area contributed by atoms with Crippen LogP contribution in [0.1, 0.15) is 5.82 Å². The molecule has 2 rings (SSSR count). The fraction of sp³-hybridized carbons (Fsp3) is 0.100.